The Labute approximate surface area is 315 Å². The van der Waals surface area contributed by atoms with E-state index in [1.807, 2.05) is 6.07 Å². The van der Waals surface area contributed by atoms with Crippen LogP contribution in [0.25, 0.3) is 0 Å². The highest BCUT2D eigenvalue weighted by Crippen LogP contribution is 2.78. The zero-order valence-electron chi connectivity index (χ0n) is 31.2. The third kappa shape index (κ3) is 3.03. The van der Waals surface area contributed by atoms with Crippen molar-refractivity contribution in [3.8, 4) is 5.75 Å². The van der Waals surface area contributed by atoms with Gasteiger partial charge in [0.05, 0.1) is 53.9 Å². The number of methoxy groups -OCH3 is 2. The molecule has 2 aliphatic carbocycles. The Bertz CT molecular complexity index is 2090. The number of piperidine rings is 3. The van der Waals surface area contributed by atoms with Gasteiger partial charge in [0.25, 0.3) is 0 Å². The number of hydrogen-bond donors (Lipinski definition) is 3. The number of ether oxygens (including phenoxy) is 4. The first-order valence-electron chi connectivity index (χ1n) is 20.5. The Kier molecular flexibility index (Phi) is 5.82. The SMILES string of the molecule is COC(=O)C1=C2Nc3ccccc3[C@]23CCN2[C@H](O)[C@]4(C[C@@H]5C[C@]67CCO[C@@H]6CCN6CC[C@]8(c9cccc(OC)c9N(C4)[C@]58O)[C@H]67)[C@@H]4OCC[C@]4(C1)[C@H]23. The molecule has 0 radical (unpaired) electrons. The minimum Gasteiger partial charge on any atom is -0.495 e. The fourth-order valence-corrected chi connectivity index (χ4v) is 16.7. The van der Waals surface area contributed by atoms with Gasteiger partial charge in [0.15, 0.2) is 5.72 Å². The van der Waals surface area contributed by atoms with Crippen molar-refractivity contribution in [3.63, 3.8) is 0 Å². The molecule has 1 saturated carbocycles. The van der Waals surface area contributed by atoms with Crippen LogP contribution >= 0.6 is 0 Å². The van der Waals surface area contributed by atoms with Crippen LogP contribution in [0, 0.1) is 22.2 Å². The van der Waals surface area contributed by atoms with Gasteiger partial charge in [-0.05, 0) is 81.2 Å². The number of carbonyl (C=O) groups excluding carboxylic acids is 1. The molecule has 2 aromatic rings. The summed E-state index contributed by atoms with van der Waals surface area (Å²) in [6.45, 7) is 4.41. The summed E-state index contributed by atoms with van der Waals surface area (Å²) in [4.78, 5) is 21.4. The second kappa shape index (κ2) is 9.84. The number of nitrogens with zero attached hydrogens (tertiary/aromatic N) is 3. The molecule has 11 aliphatic rings. The molecule has 0 bridgehead atoms. The molecule has 0 aromatic heterocycles. The van der Waals surface area contributed by atoms with E-state index in [0.29, 0.717) is 38.1 Å². The highest BCUT2D eigenvalue weighted by atomic mass is 16.5. The van der Waals surface area contributed by atoms with E-state index in [2.05, 4.69) is 56.4 Å². The molecule has 54 heavy (non-hydrogen) atoms. The van der Waals surface area contributed by atoms with Crippen LogP contribution in [0.4, 0.5) is 11.4 Å². The molecule has 11 nitrogen and oxygen atoms in total. The van der Waals surface area contributed by atoms with Crippen molar-refractivity contribution in [2.75, 3.05) is 63.8 Å². The number of anilines is 2. The molecule has 3 N–H and O–H groups in total. The smallest absolute Gasteiger partial charge is 0.335 e. The van der Waals surface area contributed by atoms with Crippen LogP contribution in [0.1, 0.15) is 62.5 Å². The Morgan fingerprint density at radius 1 is 0.907 bits per heavy atom. The van der Waals surface area contributed by atoms with E-state index in [1.165, 1.54) is 18.2 Å². The van der Waals surface area contributed by atoms with E-state index >= 15 is 0 Å². The van der Waals surface area contributed by atoms with Crippen molar-refractivity contribution in [2.24, 2.45) is 22.2 Å². The van der Waals surface area contributed by atoms with E-state index in [0.717, 1.165) is 81.0 Å². The first-order chi connectivity index (χ1) is 26.2. The maximum atomic E-state index is 14.0. The predicted octanol–water partition coefficient (Wildman–Crippen LogP) is 3.48. The molecule has 13 rings (SSSR count). The van der Waals surface area contributed by atoms with Crippen molar-refractivity contribution in [3.05, 3.63) is 64.9 Å². The number of nitrogens with one attached hydrogen (secondary N) is 1. The summed E-state index contributed by atoms with van der Waals surface area (Å²) >= 11 is 0. The van der Waals surface area contributed by atoms with E-state index in [-0.39, 0.29) is 41.6 Å². The predicted molar refractivity (Wildman–Crippen MR) is 197 cm³/mol. The van der Waals surface area contributed by atoms with Gasteiger partial charge in [-0.1, -0.05) is 30.3 Å². The van der Waals surface area contributed by atoms with Crippen molar-refractivity contribution in [1.82, 2.24) is 9.80 Å². The van der Waals surface area contributed by atoms with Crippen LogP contribution in [0.2, 0.25) is 0 Å². The summed E-state index contributed by atoms with van der Waals surface area (Å²) in [5.74, 6) is 0.350. The lowest BCUT2D eigenvalue weighted by molar-refractivity contribution is -0.276. The molecule has 7 saturated heterocycles. The summed E-state index contributed by atoms with van der Waals surface area (Å²) in [6, 6.07) is 15.0. The van der Waals surface area contributed by atoms with Crippen molar-refractivity contribution in [2.45, 2.75) is 98.4 Å². The first-order valence-corrected chi connectivity index (χ1v) is 20.5. The third-order valence-corrected chi connectivity index (χ3v) is 17.9. The Morgan fingerprint density at radius 2 is 1.72 bits per heavy atom. The summed E-state index contributed by atoms with van der Waals surface area (Å²) in [6.07, 6.45) is 5.48. The summed E-state index contributed by atoms with van der Waals surface area (Å²) in [5, 5.41) is 31.2. The Balaban J connectivity index is 1.04. The number of benzene rings is 2. The number of carbonyl (C=O) groups is 1. The number of aliphatic hydroxyl groups is 2. The highest BCUT2D eigenvalue weighted by Gasteiger charge is 2.84. The van der Waals surface area contributed by atoms with Gasteiger partial charge in [-0.3, -0.25) is 9.80 Å². The summed E-state index contributed by atoms with van der Waals surface area (Å²) in [7, 11) is 3.23. The normalized spacial score (nSPS) is 48.3. The minimum atomic E-state index is -1.16. The molecule has 0 unspecified atom stereocenters. The Morgan fingerprint density at radius 3 is 2.59 bits per heavy atom. The van der Waals surface area contributed by atoms with E-state index in [1.54, 1.807) is 7.11 Å². The quantitative estimate of drug-likeness (QED) is 0.394. The summed E-state index contributed by atoms with van der Waals surface area (Å²) < 4.78 is 25.6. The molecular weight excluding hydrogens is 684 g/mol. The van der Waals surface area contributed by atoms with Crippen LogP contribution in [-0.4, -0.2) is 116 Å². The van der Waals surface area contributed by atoms with Crippen molar-refractivity contribution >= 4 is 17.3 Å². The molecule has 9 aliphatic heterocycles. The van der Waals surface area contributed by atoms with E-state index in [9.17, 15) is 15.0 Å². The van der Waals surface area contributed by atoms with Crippen LogP contribution < -0.4 is 15.0 Å². The van der Waals surface area contributed by atoms with Gasteiger partial charge in [-0.15, -0.1) is 0 Å². The number of rotatable bonds is 2. The van der Waals surface area contributed by atoms with Gasteiger partial charge in [0.1, 0.15) is 12.0 Å². The summed E-state index contributed by atoms with van der Waals surface area (Å²) in [5.41, 5.74) is 2.62. The topological polar surface area (TPSA) is 116 Å². The molecular formula is C43H50N4O7. The zero-order chi connectivity index (χ0) is 36.2. The van der Waals surface area contributed by atoms with Gasteiger partial charge in [0.2, 0.25) is 0 Å². The fraction of sp³-hybridized carbons (Fsp3) is 0.651. The van der Waals surface area contributed by atoms with Gasteiger partial charge in [-0.25, -0.2) is 4.79 Å². The van der Waals surface area contributed by atoms with Crippen molar-refractivity contribution < 1.29 is 34.0 Å². The lowest BCUT2D eigenvalue weighted by Gasteiger charge is -2.71. The van der Waals surface area contributed by atoms with Crippen LogP contribution in [-0.2, 0) is 29.8 Å². The lowest BCUT2D eigenvalue weighted by Crippen LogP contribution is -2.82. The second-order valence-corrected chi connectivity index (χ2v) is 19.0. The molecule has 5 spiro atoms. The maximum Gasteiger partial charge on any atom is 0.335 e. The molecule has 2 aromatic carbocycles. The minimum absolute atomic E-state index is 0.0612. The van der Waals surface area contributed by atoms with Gasteiger partial charge in [0, 0.05) is 73.1 Å². The second-order valence-electron chi connectivity index (χ2n) is 19.0. The number of esters is 1. The fourth-order valence-electron chi connectivity index (χ4n) is 16.7. The maximum absolute atomic E-state index is 14.0. The number of aliphatic hydroxyl groups excluding tert-OH is 1. The standard InChI is InChI=1S/C43H50N4O7/c1-51-29-9-5-7-27-31(29)47-23-40(21-24-20-38-13-18-53-30(38)10-15-45-16-12-42(27,35(38)45)43(24,47)50)36-39(14-19-54-36)22-25(33(48)52-2)32-41(11-17-46(34(39)41)37(40)49)26-6-3-4-8-28(26)44-32/h3-9,24,30,34-37,44,49-50H,10-23H2,1-2H3/t24-,30+,34-,35+,36+,37+,38+,39-,40-,41+,42-,43-/m0/s1. The average Bonchev–Trinajstić information content (AvgIpc) is 4.04. The third-order valence-electron chi connectivity index (χ3n) is 17.9. The molecule has 284 valence electrons. The molecule has 9 heterocycles. The van der Waals surface area contributed by atoms with E-state index < -0.39 is 33.6 Å². The molecule has 8 fully saturated rings. The van der Waals surface area contributed by atoms with Crippen LogP contribution in [0.5, 0.6) is 5.75 Å². The zero-order valence-corrected chi connectivity index (χ0v) is 31.2. The van der Waals surface area contributed by atoms with Gasteiger partial charge < -0.3 is 39.4 Å². The number of fused-ring (bicyclic) bond motifs is 4. The molecule has 12 atom stereocenters. The highest BCUT2D eigenvalue weighted by molar-refractivity contribution is 5.93. The largest absolute Gasteiger partial charge is 0.495 e. The van der Waals surface area contributed by atoms with E-state index in [4.69, 9.17) is 18.9 Å². The Hall–Kier alpha value is -3.19. The average molecular weight is 735 g/mol. The molecule has 11 heteroatoms. The van der Waals surface area contributed by atoms with Crippen LogP contribution in [0.15, 0.2) is 53.7 Å². The van der Waals surface area contributed by atoms with Crippen molar-refractivity contribution in [1.29, 1.82) is 0 Å². The van der Waals surface area contributed by atoms with Gasteiger partial charge in [-0.2, -0.15) is 0 Å². The van der Waals surface area contributed by atoms with Gasteiger partial charge >= 0.3 is 5.97 Å². The lowest BCUT2D eigenvalue weighted by atomic mass is 9.43. The number of para-hydroxylation sites is 2. The van der Waals surface area contributed by atoms with Crippen LogP contribution in [0.3, 0.4) is 0 Å². The number of hydrogen-bond acceptors (Lipinski definition) is 11. The monoisotopic (exact) mass is 734 g/mol. The first kappa shape index (κ1) is 32.0. The molecule has 0 amide bonds.